The minimum absolute atomic E-state index is 0.0159. The molecule has 2 aliphatic rings. The number of aryl methyl sites for hydroxylation is 2. The molecular formula is C23H25N3O3S. The average Bonchev–Trinajstić information content (AvgIpc) is 3.27. The maximum Gasteiger partial charge on any atom is 0.253 e. The second kappa shape index (κ2) is 8.52. The number of likely N-dealkylation sites (tertiary alicyclic amines) is 1. The Labute approximate surface area is 180 Å². The van der Waals surface area contributed by atoms with E-state index in [0.29, 0.717) is 16.9 Å². The van der Waals surface area contributed by atoms with Gasteiger partial charge in [0.15, 0.2) is 0 Å². The molecule has 4 rings (SSSR count). The molecule has 2 aromatic carbocycles. The maximum absolute atomic E-state index is 12.8. The lowest BCUT2D eigenvalue weighted by molar-refractivity contribution is -0.120. The van der Waals surface area contributed by atoms with Gasteiger partial charge in [0.2, 0.25) is 11.8 Å². The number of anilines is 2. The van der Waals surface area contributed by atoms with E-state index in [2.05, 4.69) is 5.32 Å². The highest BCUT2D eigenvalue weighted by Crippen LogP contribution is 2.36. The molecule has 2 heterocycles. The van der Waals surface area contributed by atoms with E-state index in [0.717, 1.165) is 42.0 Å². The fourth-order valence-electron chi connectivity index (χ4n) is 3.77. The van der Waals surface area contributed by atoms with Crippen LogP contribution in [-0.4, -0.2) is 48.0 Å². The Balaban J connectivity index is 1.54. The zero-order chi connectivity index (χ0) is 21.3. The summed E-state index contributed by atoms with van der Waals surface area (Å²) >= 11 is 1.44. The largest absolute Gasteiger partial charge is 0.339 e. The summed E-state index contributed by atoms with van der Waals surface area (Å²) in [7, 11) is 0. The Morgan fingerprint density at radius 1 is 1.03 bits per heavy atom. The summed E-state index contributed by atoms with van der Waals surface area (Å²) < 4.78 is 0. The molecule has 3 amide bonds. The topological polar surface area (TPSA) is 69.7 Å². The minimum Gasteiger partial charge on any atom is -0.339 e. The van der Waals surface area contributed by atoms with Crippen LogP contribution in [-0.2, 0) is 9.59 Å². The average molecular weight is 424 g/mol. The number of thioether (sulfide) groups is 1. The van der Waals surface area contributed by atoms with Crippen LogP contribution >= 0.6 is 11.8 Å². The number of benzene rings is 2. The van der Waals surface area contributed by atoms with Gasteiger partial charge in [-0.15, -0.1) is 11.8 Å². The Morgan fingerprint density at radius 2 is 1.80 bits per heavy atom. The zero-order valence-electron chi connectivity index (χ0n) is 17.2. The lowest BCUT2D eigenvalue weighted by Gasteiger charge is -2.29. The molecule has 156 valence electrons. The molecule has 0 aromatic heterocycles. The first-order valence-electron chi connectivity index (χ1n) is 10.2. The van der Waals surface area contributed by atoms with Gasteiger partial charge < -0.3 is 15.1 Å². The Kier molecular flexibility index (Phi) is 5.81. The number of hydrogen-bond donors (Lipinski definition) is 1. The first-order chi connectivity index (χ1) is 14.4. The summed E-state index contributed by atoms with van der Waals surface area (Å²) in [6.07, 6.45) is 2.05. The predicted octanol–water partition coefficient (Wildman–Crippen LogP) is 3.62. The van der Waals surface area contributed by atoms with Crippen molar-refractivity contribution in [2.75, 3.05) is 35.6 Å². The van der Waals surface area contributed by atoms with Crippen molar-refractivity contribution in [2.24, 2.45) is 0 Å². The molecule has 0 atom stereocenters. The van der Waals surface area contributed by atoms with Crippen LogP contribution in [0.3, 0.4) is 0 Å². The molecular weight excluding hydrogens is 398 g/mol. The molecule has 0 aliphatic carbocycles. The SMILES string of the molecule is Cc1ccc(NC(=O)CN2C(=O)CSc3ccc(C(=O)N4CCCC4)cc32)cc1C. The van der Waals surface area contributed by atoms with Gasteiger partial charge in [-0.05, 0) is 68.1 Å². The minimum atomic E-state index is -0.263. The van der Waals surface area contributed by atoms with Gasteiger partial charge in [0.05, 0.1) is 11.4 Å². The molecule has 0 spiro atoms. The third-order valence-electron chi connectivity index (χ3n) is 5.63. The highest BCUT2D eigenvalue weighted by Gasteiger charge is 2.28. The van der Waals surface area contributed by atoms with Gasteiger partial charge in [-0.3, -0.25) is 14.4 Å². The van der Waals surface area contributed by atoms with E-state index in [9.17, 15) is 14.4 Å². The molecule has 2 aliphatic heterocycles. The fraction of sp³-hybridized carbons (Fsp3) is 0.348. The molecule has 0 bridgehead atoms. The van der Waals surface area contributed by atoms with Gasteiger partial charge in [0.1, 0.15) is 6.54 Å². The van der Waals surface area contributed by atoms with E-state index in [1.54, 1.807) is 6.07 Å². The number of nitrogens with zero attached hydrogens (tertiary/aromatic N) is 2. The number of rotatable bonds is 4. The quantitative estimate of drug-likeness (QED) is 0.816. The predicted molar refractivity (Wildman–Crippen MR) is 119 cm³/mol. The van der Waals surface area contributed by atoms with E-state index in [4.69, 9.17) is 0 Å². The smallest absolute Gasteiger partial charge is 0.253 e. The van der Waals surface area contributed by atoms with Gasteiger partial charge in [0.25, 0.3) is 5.91 Å². The maximum atomic E-state index is 12.8. The van der Waals surface area contributed by atoms with Crippen LogP contribution in [0.2, 0.25) is 0 Å². The van der Waals surface area contributed by atoms with Crippen LogP contribution in [0.5, 0.6) is 0 Å². The second-order valence-electron chi connectivity index (χ2n) is 7.80. The van der Waals surface area contributed by atoms with Gasteiger partial charge in [-0.25, -0.2) is 0 Å². The summed E-state index contributed by atoms with van der Waals surface area (Å²) in [5.41, 5.74) is 4.15. The molecule has 1 saturated heterocycles. The molecule has 7 heteroatoms. The highest BCUT2D eigenvalue weighted by atomic mass is 32.2. The van der Waals surface area contributed by atoms with Crippen molar-refractivity contribution >= 4 is 40.9 Å². The normalized spacial score (nSPS) is 15.9. The van der Waals surface area contributed by atoms with Crippen molar-refractivity contribution in [2.45, 2.75) is 31.6 Å². The number of nitrogens with one attached hydrogen (secondary N) is 1. The summed E-state index contributed by atoms with van der Waals surface area (Å²) in [6.45, 7) is 5.46. The molecule has 1 fully saturated rings. The van der Waals surface area contributed by atoms with Crippen molar-refractivity contribution in [1.29, 1.82) is 0 Å². The van der Waals surface area contributed by atoms with E-state index in [1.807, 2.05) is 49.1 Å². The van der Waals surface area contributed by atoms with Crippen LogP contribution in [0, 0.1) is 13.8 Å². The molecule has 0 radical (unpaired) electrons. The molecule has 2 aromatic rings. The molecule has 1 N–H and O–H groups in total. The summed E-state index contributed by atoms with van der Waals surface area (Å²) in [5.74, 6) is -0.129. The lowest BCUT2D eigenvalue weighted by Crippen LogP contribution is -2.41. The van der Waals surface area contributed by atoms with E-state index >= 15 is 0 Å². The van der Waals surface area contributed by atoms with Crippen LogP contribution in [0.1, 0.15) is 34.3 Å². The standard InChI is InChI=1S/C23H25N3O3S/c1-15-5-7-18(11-16(15)2)24-21(27)13-26-19-12-17(23(29)25-9-3-4-10-25)6-8-20(19)30-14-22(26)28/h5-8,11-12H,3-4,9-10,13-14H2,1-2H3,(H,24,27). The Bertz CT molecular complexity index is 1010. The Hall–Kier alpha value is -2.80. The summed E-state index contributed by atoms with van der Waals surface area (Å²) in [6, 6.07) is 11.2. The fourth-order valence-corrected chi connectivity index (χ4v) is 4.69. The second-order valence-corrected chi connectivity index (χ2v) is 8.81. The third-order valence-corrected chi connectivity index (χ3v) is 6.68. The summed E-state index contributed by atoms with van der Waals surface area (Å²) in [4.78, 5) is 42.3. The third kappa shape index (κ3) is 4.21. The van der Waals surface area contributed by atoms with Crippen LogP contribution in [0.25, 0.3) is 0 Å². The van der Waals surface area contributed by atoms with Gasteiger partial charge in [-0.1, -0.05) is 6.07 Å². The molecule has 6 nitrogen and oxygen atoms in total. The van der Waals surface area contributed by atoms with Crippen molar-refractivity contribution in [1.82, 2.24) is 4.90 Å². The lowest BCUT2D eigenvalue weighted by atomic mass is 10.1. The van der Waals surface area contributed by atoms with Gasteiger partial charge in [0, 0.05) is 29.2 Å². The molecule has 0 unspecified atom stereocenters. The zero-order valence-corrected chi connectivity index (χ0v) is 18.1. The van der Waals surface area contributed by atoms with Crippen molar-refractivity contribution in [3.8, 4) is 0 Å². The Morgan fingerprint density at radius 3 is 2.53 bits per heavy atom. The van der Waals surface area contributed by atoms with Crippen molar-refractivity contribution < 1.29 is 14.4 Å². The molecule has 0 saturated carbocycles. The van der Waals surface area contributed by atoms with Crippen molar-refractivity contribution in [3.63, 3.8) is 0 Å². The number of carbonyl (C=O) groups excluding carboxylic acids is 3. The monoisotopic (exact) mass is 423 g/mol. The van der Waals surface area contributed by atoms with Gasteiger partial charge in [-0.2, -0.15) is 0 Å². The van der Waals surface area contributed by atoms with E-state index < -0.39 is 0 Å². The van der Waals surface area contributed by atoms with Crippen molar-refractivity contribution in [3.05, 3.63) is 53.1 Å². The first kappa shape index (κ1) is 20.5. The molecule has 30 heavy (non-hydrogen) atoms. The first-order valence-corrected chi connectivity index (χ1v) is 11.1. The van der Waals surface area contributed by atoms with E-state index in [-0.39, 0.29) is 30.0 Å². The van der Waals surface area contributed by atoms with Crippen LogP contribution < -0.4 is 10.2 Å². The number of fused-ring (bicyclic) bond motifs is 1. The summed E-state index contributed by atoms with van der Waals surface area (Å²) in [5, 5.41) is 2.88. The van der Waals surface area contributed by atoms with Crippen LogP contribution in [0.15, 0.2) is 41.3 Å². The van der Waals surface area contributed by atoms with E-state index in [1.165, 1.54) is 16.7 Å². The number of amides is 3. The number of carbonyl (C=O) groups is 3. The van der Waals surface area contributed by atoms with Crippen LogP contribution in [0.4, 0.5) is 11.4 Å². The number of hydrogen-bond acceptors (Lipinski definition) is 4. The highest BCUT2D eigenvalue weighted by molar-refractivity contribution is 8.00. The van der Waals surface area contributed by atoms with Gasteiger partial charge >= 0.3 is 0 Å².